The van der Waals surface area contributed by atoms with Gasteiger partial charge in [0.05, 0.1) is 12.2 Å². The zero-order valence-corrected chi connectivity index (χ0v) is 11.1. The number of H-pyrrole nitrogens is 1. The molecular formula is C14H16N4O2. The highest BCUT2D eigenvalue weighted by atomic mass is 16.5. The number of rotatable bonds is 4. The molecule has 0 spiro atoms. The lowest BCUT2D eigenvalue weighted by Crippen LogP contribution is -2.26. The molecule has 3 N–H and O–H groups in total. The average Bonchev–Trinajstić information content (AvgIpc) is 2.97. The Labute approximate surface area is 116 Å². The average molecular weight is 272 g/mol. The Hall–Kier alpha value is -2.34. The Bertz CT molecular complexity index is 610. The smallest absolute Gasteiger partial charge is 0.262 e. The first kappa shape index (κ1) is 12.7. The van der Waals surface area contributed by atoms with E-state index in [2.05, 4.69) is 27.5 Å². The summed E-state index contributed by atoms with van der Waals surface area (Å²) >= 11 is 0. The summed E-state index contributed by atoms with van der Waals surface area (Å²) in [7, 11) is 0. The second-order valence-corrected chi connectivity index (χ2v) is 4.73. The van der Waals surface area contributed by atoms with E-state index in [9.17, 15) is 4.79 Å². The lowest BCUT2D eigenvalue weighted by molar-refractivity contribution is -0.118. The van der Waals surface area contributed by atoms with Crippen molar-refractivity contribution in [3.05, 3.63) is 42.0 Å². The molecule has 0 aliphatic carbocycles. The quantitative estimate of drug-likeness (QED) is 0.789. The van der Waals surface area contributed by atoms with Crippen LogP contribution in [0.1, 0.15) is 24.4 Å². The molecule has 104 valence electrons. The van der Waals surface area contributed by atoms with Gasteiger partial charge in [-0.05, 0) is 24.6 Å². The van der Waals surface area contributed by atoms with E-state index in [1.807, 2.05) is 18.2 Å². The normalized spacial score (nSPS) is 15.2. The summed E-state index contributed by atoms with van der Waals surface area (Å²) in [6, 6.07) is 5.96. The first-order valence-corrected chi connectivity index (χ1v) is 6.50. The third kappa shape index (κ3) is 2.65. The maximum Gasteiger partial charge on any atom is 0.262 e. The van der Waals surface area contributed by atoms with Crippen LogP contribution < -0.4 is 15.4 Å². The Morgan fingerprint density at radius 3 is 3.20 bits per heavy atom. The van der Waals surface area contributed by atoms with Gasteiger partial charge in [-0.1, -0.05) is 6.07 Å². The number of anilines is 1. The van der Waals surface area contributed by atoms with Crippen molar-refractivity contribution in [2.75, 3.05) is 11.9 Å². The van der Waals surface area contributed by atoms with Crippen molar-refractivity contribution in [1.29, 1.82) is 0 Å². The number of fused-ring (bicyclic) bond motifs is 1. The van der Waals surface area contributed by atoms with Crippen LogP contribution in [0.15, 0.2) is 30.6 Å². The van der Waals surface area contributed by atoms with Gasteiger partial charge < -0.3 is 20.4 Å². The molecule has 1 aliphatic heterocycles. The molecule has 0 radical (unpaired) electrons. The number of carbonyl (C=O) groups excluding carboxylic acids is 1. The summed E-state index contributed by atoms with van der Waals surface area (Å²) in [6.45, 7) is 2.81. The van der Waals surface area contributed by atoms with Gasteiger partial charge >= 0.3 is 0 Å². The minimum absolute atomic E-state index is 0.0820. The van der Waals surface area contributed by atoms with Crippen molar-refractivity contribution >= 4 is 11.6 Å². The molecule has 1 atom stereocenters. The molecule has 3 rings (SSSR count). The number of nitrogens with one attached hydrogen (secondary N) is 3. The van der Waals surface area contributed by atoms with Crippen LogP contribution in [0.4, 0.5) is 5.69 Å². The molecule has 1 aliphatic rings. The summed E-state index contributed by atoms with van der Waals surface area (Å²) in [6.07, 6.45) is 3.53. The molecule has 20 heavy (non-hydrogen) atoms. The van der Waals surface area contributed by atoms with Gasteiger partial charge in [-0.25, -0.2) is 4.98 Å². The van der Waals surface area contributed by atoms with Crippen LogP contribution in [-0.2, 0) is 11.3 Å². The van der Waals surface area contributed by atoms with Crippen molar-refractivity contribution in [2.45, 2.75) is 19.5 Å². The van der Waals surface area contributed by atoms with E-state index in [0.29, 0.717) is 12.3 Å². The number of aromatic nitrogens is 2. The zero-order chi connectivity index (χ0) is 13.9. The summed E-state index contributed by atoms with van der Waals surface area (Å²) in [5.74, 6) is 1.49. The number of hydrogen-bond donors (Lipinski definition) is 3. The number of amides is 1. The molecule has 1 unspecified atom stereocenters. The van der Waals surface area contributed by atoms with Crippen LogP contribution in [0.5, 0.6) is 5.75 Å². The first-order valence-electron chi connectivity index (χ1n) is 6.50. The zero-order valence-electron chi connectivity index (χ0n) is 11.1. The topological polar surface area (TPSA) is 79.0 Å². The predicted octanol–water partition coefficient (Wildman–Crippen LogP) is 1.59. The van der Waals surface area contributed by atoms with Crippen molar-refractivity contribution < 1.29 is 9.53 Å². The lowest BCUT2D eigenvalue weighted by Gasteiger charge is -2.20. The van der Waals surface area contributed by atoms with E-state index in [1.165, 1.54) is 0 Å². The Balaban J connectivity index is 1.70. The van der Waals surface area contributed by atoms with Gasteiger partial charge in [0.1, 0.15) is 11.6 Å². The number of ether oxygens (including phenoxy) is 1. The molecule has 0 bridgehead atoms. The molecule has 0 fully saturated rings. The summed E-state index contributed by atoms with van der Waals surface area (Å²) < 4.78 is 5.34. The second-order valence-electron chi connectivity index (χ2n) is 4.73. The SMILES string of the molecule is CC(NCc1ncc[nH]1)c1ccc2c(c1)NC(=O)CO2. The van der Waals surface area contributed by atoms with E-state index >= 15 is 0 Å². The fraction of sp³-hybridized carbons (Fsp3) is 0.286. The molecule has 1 aromatic carbocycles. The van der Waals surface area contributed by atoms with Crippen LogP contribution in [0.2, 0.25) is 0 Å². The van der Waals surface area contributed by atoms with Crippen LogP contribution in [0.3, 0.4) is 0 Å². The van der Waals surface area contributed by atoms with Gasteiger partial charge in [-0.2, -0.15) is 0 Å². The van der Waals surface area contributed by atoms with E-state index in [0.717, 1.165) is 17.1 Å². The molecule has 2 aromatic rings. The minimum atomic E-state index is -0.120. The Morgan fingerprint density at radius 2 is 2.40 bits per heavy atom. The second kappa shape index (κ2) is 5.34. The van der Waals surface area contributed by atoms with Crippen LogP contribution in [0, 0.1) is 0 Å². The summed E-state index contributed by atoms with van der Waals surface area (Å²) in [5.41, 5.74) is 1.81. The number of carbonyl (C=O) groups is 1. The fourth-order valence-corrected chi connectivity index (χ4v) is 2.13. The van der Waals surface area contributed by atoms with E-state index in [4.69, 9.17) is 4.74 Å². The van der Waals surface area contributed by atoms with Gasteiger partial charge in [0.2, 0.25) is 0 Å². The van der Waals surface area contributed by atoms with Gasteiger partial charge in [0, 0.05) is 18.4 Å². The Kier molecular flexibility index (Phi) is 3.39. The highest BCUT2D eigenvalue weighted by Crippen LogP contribution is 2.30. The Morgan fingerprint density at radius 1 is 1.50 bits per heavy atom. The molecule has 1 aromatic heterocycles. The molecule has 1 amide bonds. The summed E-state index contributed by atoms with van der Waals surface area (Å²) in [5, 5.41) is 6.19. The molecule has 6 nitrogen and oxygen atoms in total. The van der Waals surface area contributed by atoms with Crippen molar-refractivity contribution in [3.8, 4) is 5.75 Å². The van der Waals surface area contributed by atoms with Crippen LogP contribution in [0.25, 0.3) is 0 Å². The molecule has 6 heteroatoms. The first-order chi connectivity index (χ1) is 9.72. The maximum absolute atomic E-state index is 11.3. The largest absolute Gasteiger partial charge is 0.482 e. The minimum Gasteiger partial charge on any atom is -0.482 e. The molecular weight excluding hydrogens is 256 g/mol. The van der Waals surface area contributed by atoms with E-state index < -0.39 is 0 Å². The monoisotopic (exact) mass is 272 g/mol. The van der Waals surface area contributed by atoms with E-state index in [1.54, 1.807) is 12.4 Å². The van der Waals surface area contributed by atoms with Crippen molar-refractivity contribution in [2.24, 2.45) is 0 Å². The third-order valence-corrected chi connectivity index (χ3v) is 3.27. The van der Waals surface area contributed by atoms with Gasteiger partial charge in [0.15, 0.2) is 6.61 Å². The number of imidazole rings is 1. The van der Waals surface area contributed by atoms with Crippen LogP contribution >= 0.6 is 0 Å². The lowest BCUT2D eigenvalue weighted by atomic mass is 10.1. The maximum atomic E-state index is 11.3. The number of hydrogen-bond acceptors (Lipinski definition) is 4. The number of aromatic amines is 1. The molecule has 2 heterocycles. The number of benzene rings is 1. The van der Waals surface area contributed by atoms with Crippen LogP contribution in [-0.4, -0.2) is 22.5 Å². The number of nitrogens with zero attached hydrogens (tertiary/aromatic N) is 1. The van der Waals surface area contributed by atoms with Crippen molar-refractivity contribution in [3.63, 3.8) is 0 Å². The van der Waals surface area contributed by atoms with Gasteiger partial charge in [-0.3, -0.25) is 4.79 Å². The van der Waals surface area contributed by atoms with Gasteiger partial charge in [-0.15, -0.1) is 0 Å². The van der Waals surface area contributed by atoms with Crippen molar-refractivity contribution in [1.82, 2.24) is 15.3 Å². The molecule has 0 saturated carbocycles. The summed E-state index contributed by atoms with van der Waals surface area (Å²) in [4.78, 5) is 18.5. The molecule has 0 saturated heterocycles. The highest BCUT2D eigenvalue weighted by Gasteiger charge is 2.17. The van der Waals surface area contributed by atoms with E-state index in [-0.39, 0.29) is 18.6 Å². The standard InChI is InChI=1S/C14H16N4O2/c1-9(17-7-13-15-4-5-16-13)10-2-3-12-11(6-10)18-14(19)8-20-12/h2-6,9,17H,7-8H2,1H3,(H,15,16)(H,18,19). The highest BCUT2D eigenvalue weighted by molar-refractivity contribution is 5.95. The predicted molar refractivity (Wildman–Crippen MR) is 74.4 cm³/mol. The third-order valence-electron chi connectivity index (χ3n) is 3.27. The fourth-order valence-electron chi connectivity index (χ4n) is 2.13. The van der Waals surface area contributed by atoms with Gasteiger partial charge in [0.25, 0.3) is 5.91 Å².